The van der Waals surface area contributed by atoms with E-state index in [2.05, 4.69) is 72.8 Å². The lowest BCUT2D eigenvalue weighted by Gasteiger charge is -2.45. The Morgan fingerprint density at radius 2 is 0.833 bits per heavy atom. The third-order valence-corrected chi connectivity index (χ3v) is 3.21. The molecule has 1 nitrogen and oxygen atoms in total. The van der Waals surface area contributed by atoms with E-state index in [0.717, 1.165) is 19.3 Å². The maximum absolute atomic E-state index is 5.87. The molecular formula is C16H33OSi. The first kappa shape index (κ1) is 18.2. The van der Waals surface area contributed by atoms with Crippen LogP contribution in [0.1, 0.15) is 81.6 Å². The maximum Gasteiger partial charge on any atom is 0.247 e. The van der Waals surface area contributed by atoms with Crippen LogP contribution in [0.2, 0.25) is 0 Å². The summed E-state index contributed by atoms with van der Waals surface area (Å²) in [5, 5.41) is 0. The molecule has 0 N–H and O–H groups in total. The minimum Gasteiger partial charge on any atom is -0.413 e. The fraction of sp³-hybridized carbons (Fsp3) is 1.00. The summed E-state index contributed by atoms with van der Waals surface area (Å²) in [5.74, 6) is 0. The van der Waals surface area contributed by atoms with Crippen molar-refractivity contribution in [2.24, 2.45) is 16.2 Å². The van der Waals surface area contributed by atoms with Crippen LogP contribution in [0.4, 0.5) is 0 Å². The quantitative estimate of drug-likeness (QED) is 0.643. The Labute approximate surface area is 119 Å². The molecule has 107 valence electrons. The molecule has 0 rings (SSSR count). The average Bonchev–Trinajstić information content (AvgIpc) is 1.93. The molecule has 0 unspecified atom stereocenters. The van der Waals surface area contributed by atoms with Crippen LogP contribution in [0.15, 0.2) is 0 Å². The molecule has 0 heterocycles. The van der Waals surface area contributed by atoms with Gasteiger partial charge in [0.05, 0.1) is 5.60 Å². The van der Waals surface area contributed by atoms with Gasteiger partial charge in [-0.3, -0.25) is 0 Å². The molecule has 2 heteroatoms. The highest BCUT2D eigenvalue weighted by molar-refractivity contribution is 5.98. The summed E-state index contributed by atoms with van der Waals surface area (Å²) in [6.45, 7) is 20.6. The van der Waals surface area contributed by atoms with Gasteiger partial charge in [0.2, 0.25) is 10.5 Å². The third-order valence-electron chi connectivity index (χ3n) is 2.77. The molecule has 0 spiro atoms. The lowest BCUT2D eigenvalue weighted by molar-refractivity contribution is -0.0314. The topological polar surface area (TPSA) is 9.23 Å². The van der Waals surface area contributed by atoms with Crippen LogP contribution in [-0.2, 0) is 4.43 Å². The van der Waals surface area contributed by atoms with Crippen LogP contribution in [0.5, 0.6) is 0 Å². The number of hydrogen-bond donors (Lipinski definition) is 0. The summed E-state index contributed by atoms with van der Waals surface area (Å²) in [6.07, 6.45) is 3.20. The first-order chi connectivity index (χ1) is 7.68. The van der Waals surface area contributed by atoms with Gasteiger partial charge < -0.3 is 4.43 Å². The molecule has 0 saturated carbocycles. The summed E-state index contributed by atoms with van der Waals surface area (Å²) in [5.41, 5.74) is 0.709. The number of hydrogen-bond acceptors (Lipinski definition) is 1. The van der Waals surface area contributed by atoms with Gasteiger partial charge >= 0.3 is 0 Å². The van der Waals surface area contributed by atoms with Crippen molar-refractivity contribution in [1.82, 2.24) is 0 Å². The van der Waals surface area contributed by atoms with Crippen LogP contribution in [0, 0.1) is 16.2 Å². The first-order valence-corrected chi connectivity index (χ1v) is 7.44. The Hall–Kier alpha value is 0.177. The normalized spacial score (nSPS) is 15.0. The van der Waals surface area contributed by atoms with E-state index in [-0.39, 0.29) is 21.8 Å². The molecule has 0 aliphatic rings. The highest BCUT2D eigenvalue weighted by Gasteiger charge is 2.40. The SMILES string of the molecule is CC(C)(C)CC(CC(C)(C)C)(CC(C)(C)C)O[Si]. The summed E-state index contributed by atoms with van der Waals surface area (Å²) in [7, 11) is 3.38. The van der Waals surface area contributed by atoms with Crippen LogP contribution >= 0.6 is 0 Å². The van der Waals surface area contributed by atoms with E-state index in [4.69, 9.17) is 4.43 Å². The van der Waals surface area contributed by atoms with Gasteiger partial charge in [0.25, 0.3) is 0 Å². The van der Waals surface area contributed by atoms with Gasteiger partial charge in [0.15, 0.2) is 0 Å². The van der Waals surface area contributed by atoms with Gasteiger partial charge in [0, 0.05) is 0 Å². The largest absolute Gasteiger partial charge is 0.413 e. The highest BCUT2D eigenvalue weighted by atomic mass is 28.2. The van der Waals surface area contributed by atoms with E-state index in [1.807, 2.05) is 0 Å². The molecule has 0 atom stereocenters. The van der Waals surface area contributed by atoms with Crippen molar-refractivity contribution in [1.29, 1.82) is 0 Å². The van der Waals surface area contributed by atoms with Crippen molar-refractivity contribution in [2.75, 3.05) is 0 Å². The second-order valence-corrected chi connectivity index (χ2v) is 9.70. The smallest absolute Gasteiger partial charge is 0.247 e. The Balaban J connectivity index is 5.20. The summed E-state index contributed by atoms with van der Waals surface area (Å²) in [6, 6.07) is 0. The van der Waals surface area contributed by atoms with E-state index in [1.165, 1.54) is 0 Å². The second-order valence-electron chi connectivity index (χ2n) is 9.50. The summed E-state index contributed by atoms with van der Waals surface area (Å²) in [4.78, 5) is 0. The van der Waals surface area contributed by atoms with Gasteiger partial charge in [-0.05, 0) is 35.5 Å². The van der Waals surface area contributed by atoms with Gasteiger partial charge in [-0.25, -0.2) is 0 Å². The van der Waals surface area contributed by atoms with Crippen LogP contribution in [0.3, 0.4) is 0 Å². The molecule has 0 aliphatic heterocycles. The lowest BCUT2D eigenvalue weighted by atomic mass is 9.68. The zero-order valence-electron chi connectivity index (χ0n) is 14.0. The molecule has 0 aromatic carbocycles. The van der Waals surface area contributed by atoms with E-state index in [1.54, 1.807) is 0 Å². The van der Waals surface area contributed by atoms with Gasteiger partial charge in [-0.1, -0.05) is 62.3 Å². The van der Waals surface area contributed by atoms with E-state index in [0.29, 0.717) is 0 Å². The number of rotatable bonds is 4. The van der Waals surface area contributed by atoms with Gasteiger partial charge in [-0.15, -0.1) is 0 Å². The Bertz CT molecular complexity index is 209. The molecule has 0 saturated heterocycles. The molecule has 18 heavy (non-hydrogen) atoms. The Kier molecular flexibility index (Phi) is 5.72. The fourth-order valence-corrected chi connectivity index (χ4v) is 3.41. The van der Waals surface area contributed by atoms with Crippen LogP contribution in [0.25, 0.3) is 0 Å². The fourth-order valence-electron chi connectivity index (χ4n) is 3.20. The molecule has 3 radical (unpaired) electrons. The van der Waals surface area contributed by atoms with Crippen molar-refractivity contribution in [3.05, 3.63) is 0 Å². The summed E-state index contributed by atoms with van der Waals surface area (Å²) >= 11 is 0. The standard InChI is InChI=1S/C16H33OSi/c1-13(2,3)10-16(17-18,11-14(4,5)6)12-15(7,8)9/h10-12H2,1-9H3. The Morgan fingerprint density at radius 3 is 0.944 bits per heavy atom. The molecule has 0 aliphatic carbocycles. The van der Waals surface area contributed by atoms with Gasteiger partial charge in [0.1, 0.15) is 0 Å². The zero-order chi connectivity index (χ0) is 14.8. The van der Waals surface area contributed by atoms with Crippen molar-refractivity contribution in [3.8, 4) is 0 Å². The molecule has 0 fully saturated rings. The van der Waals surface area contributed by atoms with Crippen molar-refractivity contribution in [2.45, 2.75) is 87.2 Å². The van der Waals surface area contributed by atoms with E-state index in [9.17, 15) is 0 Å². The highest BCUT2D eigenvalue weighted by Crippen LogP contribution is 2.44. The van der Waals surface area contributed by atoms with Crippen LogP contribution < -0.4 is 0 Å². The van der Waals surface area contributed by atoms with Crippen molar-refractivity contribution < 1.29 is 4.43 Å². The van der Waals surface area contributed by atoms with Crippen molar-refractivity contribution >= 4 is 10.5 Å². The molecule has 0 aromatic heterocycles. The molecular weight excluding hydrogens is 236 g/mol. The van der Waals surface area contributed by atoms with E-state index < -0.39 is 0 Å². The van der Waals surface area contributed by atoms with Gasteiger partial charge in [-0.2, -0.15) is 0 Å². The van der Waals surface area contributed by atoms with Crippen molar-refractivity contribution in [3.63, 3.8) is 0 Å². The monoisotopic (exact) mass is 269 g/mol. The molecule has 0 aromatic rings. The minimum atomic E-state index is -0.0916. The second kappa shape index (κ2) is 5.66. The first-order valence-electron chi connectivity index (χ1n) is 7.03. The van der Waals surface area contributed by atoms with Crippen LogP contribution in [-0.4, -0.2) is 16.1 Å². The molecule has 0 bridgehead atoms. The maximum atomic E-state index is 5.87. The Morgan fingerprint density at radius 1 is 0.611 bits per heavy atom. The summed E-state index contributed by atoms with van der Waals surface area (Å²) < 4.78 is 5.87. The lowest BCUT2D eigenvalue weighted by Crippen LogP contribution is -2.43. The molecule has 0 amide bonds. The third kappa shape index (κ3) is 8.31. The predicted octanol–water partition coefficient (Wildman–Crippen LogP) is 5.13. The zero-order valence-corrected chi connectivity index (χ0v) is 15.0. The van der Waals surface area contributed by atoms with E-state index >= 15 is 0 Å². The predicted molar refractivity (Wildman–Crippen MR) is 81.8 cm³/mol. The average molecular weight is 270 g/mol. The minimum absolute atomic E-state index is 0.0916.